The van der Waals surface area contributed by atoms with E-state index in [0.29, 0.717) is 30.2 Å². The van der Waals surface area contributed by atoms with Crippen LogP contribution in [0.2, 0.25) is 0 Å². The maximum Gasteiger partial charge on any atom is 0.230 e. The molecule has 1 amide bonds. The normalized spacial score (nSPS) is 10.4. The first kappa shape index (κ1) is 17.2. The first-order valence-corrected chi connectivity index (χ1v) is 9.40. The molecule has 2 heterocycles. The second kappa shape index (κ2) is 8.46. The van der Waals surface area contributed by atoms with Gasteiger partial charge < -0.3 is 10.6 Å². The summed E-state index contributed by atoms with van der Waals surface area (Å²) in [6, 6.07) is 13.4. The van der Waals surface area contributed by atoms with E-state index in [9.17, 15) is 4.79 Å². The number of hydrogen-bond donors (Lipinski definition) is 2. The van der Waals surface area contributed by atoms with E-state index in [1.807, 2.05) is 24.3 Å². The van der Waals surface area contributed by atoms with Crippen LogP contribution in [0.15, 0.2) is 46.9 Å². The number of para-hydroxylation sites is 1. The fourth-order valence-corrected chi connectivity index (χ4v) is 4.01. The van der Waals surface area contributed by atoms with Crippen molar-refractivity contribution in [2.75, 3.05) is 24.2 Å². The minimum atomic E-state index is -0.0485. The van der Waals surface area contributed by atoms with E-state index in [0.717, 1.165) is 14.6 Å². The van der Waals surface area contributed by atoms with Crippen molar-refractivity contribution >= 4 is 45.0 Å². The largest absolute Gasteiger partial charge is 0.367 e. The highest BCUT2D eigenvalue weighted by Gasteiger charge is 2.07. The molecule has 0 radical (unpaired) electrons. The summed E-state index contributed by atoms with van der Waals surface area (Å²) in [5.41, 5.74) is 1.45. The van der Waals surface area contributed by atoms with Crippen LogP contribution in [0.1, 0.15) is 5.56 Å². The van der Waals surface area contributed by atoms with Crippen LogP contribution in [0, 0.1) is 11.3 Å². The van der Waals surface area contributed by atoms with Gasteiger partial charge in [-0.15, -0.1) is 11.3 Å². The predicted molar refractivity (Wildman–Crippen MR) is 101 cm³/mol. The average Bonchev–Trinajstić information content (AvgIpc) is 3.07. The van der Waals surface area contributed by atoms with Crippen molar-refractivity contribution in [1.82, 2.24) is 15.3 Å². The van der Waals surface area contributed by atoms with Gasteiger partial charge in [0, 0.05) is 19.3 Å². The van der Waals surface area contributed by atoms with Crippen molar-refractivity contribution in [3.8, 4) is 6.07 Å². The van der Waals surface area contributed by atoms with E-state index in [2.05, 4.69) is 26.7 Å². The number of nitriles is 1. The van der Waals surface area contributed by atoms with Crippen molar-refractivity contribution < 1.29 is 4.79 Å². The smallest absolute Gasteiger partial charge is 0.230 e. The summed E-state index contributed by atoms with van der Waals surface area (Å²) in [7, 11) is 0. The number of carbonyl (C=O) groups excluding carboxylic acids is 1. The molecule has 0 saturated carbocycles. The van der Waals surface area contributed by atoms with Crippen LogP contribution in [-0.2, 0) is 4.79 Å². The number of benzene rings is 1. The van der Waals surface area contributed by atoms with E-state index >= 15 is 0 Å². The number of fused-ring (bicyclic) bond motifs is 1. The Hall–Kier alpha value is -2.63. The lowest BCUT2D eigenvalue weighted by Crippen LogP contribution is -2.30. The second-order valence-electron chi connectivity index (χ2n) is 5.02. The van der Waals surface area contributed by atoms with Gasteiger partial charge in [0.05, 0.1) is 21.5 Å². The van der Waals surface area contributed by atoms with Crippen LogP contribution in [0.5, 0.6) is 0 Å². The van der Waals surface area contributed by atoms with Gasteiger partial charge in [-0.1, -0.05) is 23.9 Å². The number of pyridine rings is 1. The maximum absolute atomic E-state index is 11.9. The Morgan fingerprint density at radius 1 is 1.24 bits per heavy atom. The molecule has 2 aromatic heterocycles. The molecule has 8 heteroatoms. The highest BCUT2D eigenvalue weighted by Crippen LogP contribution is 2.28. The molecule has 3 aromatic rings. The van der Waals surface area contributed by atoms with Crippen molar-refractivity contribution in [3.63, 3.8) is 0 Å². The summed E-state index contributed by atoms with van der Waals surface area (Å²) < 4.78 is 2.01. The number of nitrogens with one attached hydrogen (secondary N) is 2. The number of thiazole rings is 1. The van der Waals surface area contributed by atoms with Crippen molar-refractivity contribution in [2.24, 2.45) is 0 Å². The zero-order valence-corrected chi connectivity index (χ0v) is 14.9. The number of amides is 1. The van der Waals surface area contributed by atoms with Gasteiger partial charge in [0.2, 0.25) is 5.91 Å². The summed E-state index contributed by atoms with van der Waals surface area (Å²) in [6.07, 6.45) is 1.62. The molecular weight excluding hydrogens is 354 g/mol. The summed E-state index contributed by atoms with van der Waals surface area (Å²) in [5.74, 6) is 0.808. The molecule has 2 N–H and O–H groups in total. The Bertz CT molecular complexity index is 886. The Morgan fingerprint density at radius 2 is 2.12 bits per heavy atom. The van der Waals surface area contributed by atoms with Crippen molar-refractivity contribution in [3.05, 3.63) is 48.2 Å². The highest BCUT2D eigenvalue weighted by atomic mass is 32.2. The molecule has 6 nitrogen and oxygen atoms in total. The molecular formula is C17H15N5OS2. The molecule has 0 aliphatic heterocycles. The van der Waals surface area contributed by atoms with Crippen LogP contribution >= 0.6 is 23.1 Å². The molecule has 0 unspecified atom stereocenters. The van der Waals surface area contributed by atoms with Crippen LogP contribution in [0.4, 0.5) is 5.82 Å². The first-order valence-electron chi connectivity index (χ1n) is 7.60. The summed E-state index contributed by atoms with van der Waals surface area (Å²) >= 11 is 3.02. The Morgan fingerprint density at radius 3 is 2.96 bits per heavy atom. The van der Waals surface area contributed by atoms with Crippen molar-refractivity contribution in [2.45, 2.75) is 4.34 Å². The number of aromatic nitrogens is 2. The van der Waals surface area contributed by atoms with Crippen LogP contribution in [0.3, 0.4) is 0 Å². The molecule has 0 atom stereocenters. The van der Waals surface area contributed by atoms with Gasteiger partial charge in [0.1, 0.15) is 11.9 Å². The van der Waals surface area contributed by atoms with Crippen molar-refractivity contribution in [1.29, 1.82) is 5.26 Å². The number of hydrogen-bond acceptors (Lipinski definition) is 7. The van der Waals surface area contributed by atoms with Crippen LogP contribution < -0.4 is 10.6 Å². The average molecular weight is 369 g/mol. The van der Waals surface area contributed by atoms with Gasteiger partial charge in [-0.2, -0.15) is 5.26 Å². The third-order valence-corrected chi connectivity index (χ3v) is 5.45. The van der Waals surface area contributed by atoms with Gasteiger partial charge in [0.25, 0.3) is 0 Å². The third-order valence-electron chi connectivity index (χ3n) is 3.27. The van der Waals surface area contributed by atoms with Crippen LogP contribution in [0.25, 0.3) is 10.2 Å². The van der Waals surface area contributed by atoms with E-state index in [1.165, 1.54) is 11.8 Å². The molecule has 0 aliphatic carbocycles. The monoisotopic (exact) mass is 369 g/mol. The minimum absolute atomic E-state index is 0.0485. The van der Waals surface area contributed by atoms with Crippen LogP contribution in [-0.4, -0.2) is 34.7 Å². The number of anilines is 1. The second-order valence-corrected chi connectivity index (χ2v) is 7.28. The maximum atomic E-state index is 11.9. The summed E-state index contributed by atoms with van der Waals surface area (Å²) in [6.45, 7) is 0.962. The SMILES string of the molecule is N#Cc1cccnc1NCCNC(=O)CSc1nc2ccccc2s1. The topological polar surface area (TPSA) is 90.7 Å². The predicted octanol–water partition coefficient (Wildman–Crippen LogP) is 2.88. The van der Waals surface area contributed by atoms with E-state index in [-0.39, 0.29) is 5.91 Å². The Kier molecular flexibility index (Phi) is 5.82. The fourth-order valence-electron chi connectivity index (χ4n) is 2.11. The zero-order valence-electron chi connectivity index (χ0n) is 13.2. The van der Waals surface area contributed by atoms with Gasteiger partial charge in [0.15, 0.2) is 4.34 Å². The number of thioether (sulfide) groups is 1. The third kappa shape index (κ3) is 4.68. The molecule has 0 spiro atoms. The Balaban J connectivity index is 1.40. The number of rotatable bonds is 7. The molecule has 3 rings (SSSR count). The minimum Gasteiger partial charge on any atom is -0.367 e. The molecule has 0 fully saturated rings. The van der Waals surface area contributed by atoms with E-state index in [4.69, 9.17) is 5.26 Å². The lowest BCUT2D eigenvalue weighted by Gasteiger charge is -2.07. The molecule has 126 valence electrons. The molecule has 0 bridgehead atoms. The Labute approximate surface area is 153 Å². The van der Waals surface area contributed by atoms with Gasteiger partial charge in [-0.05, 0) is 24.3 Å². The van der Waals surface area contributed by atoms with E-state index in [1.54, 1.807) is 29.7 Å². The first-order chi connectivity index (χ1) is 12.3. The highest BCUT2D eigenvalue weighted by molar-refractivity contribution is 8.01. The zero-order chi connectivity index (χ0) is 17.5. The fraction of sp³-hybridized carbons (Fsp3) is 0.176. The lowest BCUT2D eigenvalue weighted by molar-refractivity contribution is -0.118. The number of carbonyl (C=O) groups is 1. The van der Waals surface area contributed by atoms with Gasteiger partial charge >= 0.3 is 0 Å². The molecule has 0 aliphatic rings. The van der Waals surface area contributed by atoms with E-state index < -0.39 is 0 Å². The number of nitrogens with zero attached hydrogens (tertiary/aromatic N) is 3. The lowest BCUT2D eigenvalue weighted by atomic mass is 10.3. The van der Waals surface area contributed by atoms with Gasteiger partial charge in [-0.25, -0.2) is 9.97 Å². The quantitative estimate of drug-likeness (QED) is 0.492. The summed E-state index contributed by atoms with van der Waals surface area (Å²) in [5, 5.41) is 14.9. The molecule has 0 saturated heterocycles. The molecule has 25 heavy (non-hydrogen) atoms. The summed E-state index contributed by atoms with van der Waals surface area (Å²) in [4.78, 5) is 20.5. The molecule has 1 aromatic carbocycles. The standard InChI is InChI=1S/C17H15N5OS2/c18-10-12-4-3-7-20-16(12)21-9-8-19-15(23)11-24-17-22-13-5-1-2-6-14(13)25-17/h1-7H,8-9,11H2,(H,19,23)(H,20,21). The van der Waals surface area contributed by atoms with Gasteiger partial charge in [-0.3, -0.25) is 4.79 Å².